The zero-order valence-electron chi connectivity index (χ0n) is 13.3. The molecule has 128 valence electrons. The van der Waals surface area contributed by atoms with Crippen LogP contribution in [0.15, 0.2) is 29.3 Å². The Hall–Kier alpha value is -1.47. The Labute approximate surface area is 142 Å². The molecule has 1 saturated heterocycles. The normalized spacial score (nSPS) is 16.7. The summed E-state index contributed by atoms with van der Waals surface area (Å²) in [6, 6.07) is 7.81. The largest absolute Gasteiger partial charge is 0.370 e. The van der Waals surface area contributed by atoms with Crippen LogP contribution < -0.4 is 10.6 Å². The number of aliphatic imine (C=N–C) groups is 1. The molecule has 1 aromatic rings. The molecular formula is C15H23ClN4O2S. The molecule has 0 atom stereocenters. The molecule has 8 heteroatoms. The molecule has 0 aromatic heterocycles. The summed E-state index contributed by atoms with van der Waals surface area (Å²) in [7, 11) is -2.93. The third kappa shape index (κ3) is 5.91. The van der Waals surface area contributed by atoms with E-state index in [0.717, 1.165) is 36.9 Å². The van der Waals surface area contributed by atoms with E-state index in [1.807, 2.05) is 29.2 Å². The summed E-state index contributed by atoms with van der Waals surface area (Å²) in [6.45, 7) is 3.76. The number of hydrogen-bond acceptors (Lipinski definition) is 4. The number of hydrogen-bond donors (Lipinski definition) is 1. The second-order valence-electron chi connectivity index (χ2n) is 5.67. The van der Waals surface area contributed by atoms with Gasteiger partial charge in [-0.25, -0.2) is 8.42 Å². The fourth-order valence-electron chi connectivity index (χ4n) is 2.47. The van der Waals surface area contributed by atoms with Crippen LogP contribution in [-0.4, -0.2) is 64.0 Å². The van der Waals surface area contributed by atoms with Crippen molar-refractivity contribution in [3.8, 4) is 0 Å². The van der Waals surface area contributed by atoms with Crippen molar-refractivity contribution in [1.82, 2.24) is 4.90 Å². The summed E-state index contributed by atoms with van der Waals surface area (Å²) in [6.07, 6.45) is 1.74. The van der Waals surface area contributed by atoms with Crippen LogP contribution in [0.2, 0.25) is 5.02 Å². The van der Waals surface area contributed by atoms with E-state index in [4.69, 9.17) is 17.3 Å². The molecule has 1 fully saturated rings. The Kier molecular flexibility index (Phi) is 6.12. The van der Waals surface area contributed by atoms with Crippen molar-refractivity contribution in [3.05, 3.63) is 29.3 Å². The number of anilines is 1. The van der Waals surface area contributed by atoms with E-state index in [1.165, 1.54) is 6.26 Å². The number of piperazine rings is 1. The van der Waals surface area contributed by atoms with Gasteiger partial charge in [0.25, 0.3) is 0 Å². The molecule has 0 spiro atoms. The lowest BCUT2D eigenvalue weighted by Gasteiger charge is -2.36. The second-order valence-corrected chi connectivity index (χ2v) is 8.37. The highest BCUT2D eigenvalue weighted by Gasteiger charge is 2.18. The van der Waals surface area contributed by atoms with Crippen LogP contribution in [0.3, 0.4) is 0 Å². The summed E-state index contributed by atoms with van der Waals surface area (Å²) in [5.41, 5.74) is 7.14. The summed E-state index contributed by atoms with van der Waals surface area (Å²) < 4.78 is 22.1. The number of guanidine groups is 1. The molecule has 0 aliphatic carbocycles. The van der Waals surface area contributed by atoms with Gasteiger partial charge in [-0.1, -0.05) is 11.6 Å². The van der Waals surface area contributed by atoms with Crippen LogP contribution >= 0.6 is 11.6 Å². The van der Waals surface area contributed by atoms with Gasteiger partial charge in [-0.2, -0.15) is 0 Å². The molecular weight excluding hydrogens is 336 g/mol. The van der Waals surface area contributed by atoms with Crippen molar-refractivity contribution >= 4 is 33.1 Å². The van der Waals surface area contributed by atoms with Crippen LogP contribution in [0.5, 0.6) is 0 Å². The first kappa shape index (κ1) is 17.9. The predicted octanol–water partition coefficient (Wildman–Crippen LogP) is 1.21. The summed E-state index contributed by atoms with van der Waals surface area (Å²) in [5, 5.41) is 0.734. The average Bonchev–Trinajstić information content (AvgIpc) is 2.51. The van der Waals surface area contributed by atoms with E-state index < -0.39 is 9.84 Å². The van der Waals surface area contributed by atoms with Gasteiger partial charge in [0.05, 0.1) is 5.75 Å². The summed E-state index contributed by atoms with van der Waals surface area (Å²) in [4.78, 5) is 8.60. The van der Waals surface area contributed by atoms with Crippen molar-refractivity contribution in [2.45, 2.75) is 6.42 Å². The molecule has 0 unspecified atom stereocenters. The first-order chi connectivity index (χ1) is 10.8. The van der Waals surface area contributed by atoms with Crippen molar-refractivity contribution in [1.29, 1.82) is 0 Å². The third-order valence-electron chi connectivity index (χ3n) is 3.74. The topological polar surface area (TPSA) is 79.0 Å². The molecule has 1 heterocycles. The maximum Gasteiger partial charge on any atom is 0.191 e. The molecule has 0 saturated carbocycles. The van der Waals surface area contributed by atoms with E-state index in [2.05, 4.69) is 9.89 Å². The van der Waals surface area contributed by atoms with Crippen LogP contribution in [0, 0.1) is 0 Å². The first-order valence-corrected chi connectivity index (χ1v) is 10.0. The standard InChI is InChI=1S/C15H23ClN4O2S/c1-23(21,22)12-2-7-18-15(17)20-10-8-19(9-11-20)14-5-3-13(16)4-6-14/h3-6H,2,7-12H2,1H3,(H2,17,18). The maximum absolute atomic E-state index is 11.1. The molecule has 0 amide bonds. The van der Waals surface area contributed by atoms with Crippen LogP contribution in [0.25, 0.3) is 0 Å². The molecule has 1 aliphatic heterocycles. The Morgan fingerprint density at radius 3 is 2.39 bits per heavy atom. The fourth-order valence-corrected chi connectivity index (χ4v) is 3.25. The van der Waals surface area contributed by atoms with E-state index in [-0.39, 0.29) is 5.75 Å². The van der Waals surface area contributed by atoms with E-state index >= 15 is 0 Å². The molecule has 2 rings (SSSR count). The number of rotatable bonds is 5. The van der Waals surface area contributed by atoms with Crippen molar-refractivity contribution in [2.24, 2.45) is 10.7 Å². The smallest absolute Gasteiger partial charge is 0.191 e. The third-order valence-corrected chi connectivity index (χ3v) is 5.02. The Morgan fingerprint density at radius 2 is 1.83 bits per heavy atom. The molecule has 0 radical (unpaired) electrons. The Morgan fingerprint density at radius 1 is 1.22 bits per heavy atom. The Bertz CT molecular complexity index is 638. The molecule has 1 aliphatic rings. The van der Waals surface area contributed by atoms with Crippen LogP contribution in [-0.2, 0) is 9.84 Å². The molecule has 23 heavy (non-hydrogen) atoms. The van der Waals surface area contributed by atoms with Gasteiger partial charge in [0.1, 0.15) is 9.84 Å². The van der Waals surface area contributed by atoms with Gasteiger partial charge in [-0.15, -0.1) is 0 Å². The van der Waals surface area contributed by atoms with E-state index in [1.54, 1.807) is 0 Å². The Balaban J connectivity index is 1.80. The van der Waals surface area contributed by atoms with E-state index in [9.17, 15) is 8.42 Å². The zero-order valence-corrected chi connectivity index (χ0v) is 14.9. The minimum absolute atomic E-state index is 0.147. The maximum atomic E-state index is 11.1. The molecule has 6 nitrogen and oxygen atoms in total. The number of benzene rings is 1. The average molecular weight is 359 g/mol. The van der Waals surface area contributed by atoms with Gasteiger partial charge in [0.15, 0.2) is 5.96 Å². The lowest BCUT2D eigenvalue weighted by atomic mass is 10.2. The summed E-state index contributed by atoms with van der Waals surface area (Å²) >= 11 is 5.91. The fraction of sp³-hybridized carbons (Fsp3) is 0.533. The van der Waals surface area contributed by atoms with Gasteiger partial charge in [0.2, 0.25) is 0 Å². The van der Waals surface area contributed by atoms with Gasteiger partial charge >= 0.3 is 0 Å². The second kappa shape index (κ2) is 7.88. The number of nitrogens with two attached hydrogens (primary N) is 1. The highest BCUT2D eigenvalue weighted by Crippen LogP contribution is 2.19. The zero-order chi connectivity index (χ0) is 16.9. The lowest BCUT2D eigenvalue weighted by molar-refractivity contribution is 0.381. The first-order valence-electron chi connectivity index (χ1n) is 7.58. The summed E-state index contributed by atoms with van der Waals surface area (Å²) in [5.74, 6) is 0.642. The molecule has 1 aromatic carbocycles. The van der Waals surface area contributed by atoms with Crippen molar-refractivity contribution in [2.75, 3.05) is 49.6 Å². The minimum Gasteiger partial charge on any atom is -0.370 e. The number of sulfone groups is 1. The van der Waals surface area contributed by atoms with Crippen molar-refractivity contribution < 1.29 is 8.42 Å². The molecule has 0 bridgehead atoms. The van der Waals surface area contributed by atoms with Crippen LogP contribution in [0.1, 0.15) is 6.42 Å². The molecule has 2 N–H and O–H groups in total. The van der Waals surface area contributed by atoms with Gasteiger partial charge in [0, 0.05) is 49.7 Å². The van der Waals surface area contributed by atoms with E-state index in [0.29, 0.717) is 18.9 Å². The van der Waals surface area contributed by atoms with Crippen molar-refractivity contribution in [3.63, 3.8) is 0 Å². The highest BCUT2D eigenvalue weighted by molar-refractivity contribution is 7.90. The number of halogens is 1. The SMILES string of the molecule is CS(=O)(=O)CCCN=C(N)N1CCN(c2ccc(Cl)cc2)CC1. The van der Waals surface area contributed by atoms with Gasteiger partial charge in [-0.3, -0.25) is 4.99 Å². The minimum atomic E-state index is -2.93. The van der Waals surface area contributed by atoms with Crippen LogP contribution in [0.4, 0.5) is 5.69 Å². The lowest BCUT2D eigenvalue weighted by Crippen LogP contribution is -2.51. The quantitative estimate of drug-likeness (QED) is 0.486. The monoisotopic (exact) mass is 358 g/mol. The van der Waals surface area contributed by atoms with Gasteiger partial charge < -0.3 is 15.5 Å². The highest BCUT2D eigenvalue weighted by atomic mass is 35.5. The predicted molar refractivity (Wildman–Crippen MR) is 96.1 cm³/mol. The van der Waals surface area contributed by atoms with Gasteiger partial charge in [-0.05, 0) is 30.7 Å². The number of nitrogens with zero attached hydrogens (tertiary/aromatic N) is 3.